The lowest BCUT2D eigenvalue weighted by Gasteiger charge is -2.11. The molecule has 0 radical (unpaired) electrons. The third-order valence-corrected chi connectivity index (χ3v) is 2.97. The van der Waals surface area contributed by atoms with Crippen molar-refractivity contribution in [2.24, 2.45) is 0 Å². The number of rotatable bonds is 10. The molecule has 23 heavy (non-hydrogen) atoms. The first-order chi connectivity index (χ1) is 10.1. The first-order valence-corrected chi connectivity index (χ1v) is 7.44. The van der Waals surface area contributed by atoms with Gasteiger partial charge in [0, 0.05) is 24.7 Å². The Labute approximate surface area is 152 Å². The first-order valence-electron chi connectivity index (χ1n) is 7.44. The molecule has 1 aromatic rings. The molecule has 7 heteroatoms. The summed E-state index contributed by atoms with van der Waals surface area (Å²) in [5, 5.41) is 5.92. The topological polar surface area (TPSA) is 53.6 Å². The summed E-state index contributed by atoms with van der Waals surface area (Å²) in [4.78, 5) is 13.9. The molecule has 0 aliphatic heterocycles. The van der Waals surface area contributed by atoms with Crippen molar-refractivity contribution in [2.45, 2.75) is 19.3 Å². The van der Waals surface area contributed by atoms with E-state index in [-0.39, 0.29) is 30.7 Å². The van der Waals surface area contributed by atoms with Crippen LogP contribution in [0.3, 0.4) is 0 Å². The lowest BCUT2D eigenvalue weighted by molar-refractivity contribution is -0.116. The molecule has 1 aromatic carbocycles. The van der Waals surface area contributed by atoms with Crippen molar-refractivity contribution in [2.75, 3.05) is 46.2 Å². The second kappa shape index (κ2) is 14.6. The lowest BCUT2D eigenvalue weighted by atomic mass is 10.2. The second-order valence-electron chi connectivity index (χ2n) is 5.29. The fraction of sp³-hybridized carbons (Fsp3) is 0.562. The number of hydrogen-bond donors (Lipinski definition) is 2. The Morgan fingerprint density at radius 3 is 2.61 bits per heavy atom. The first kappa shape index (κ1) is 24.2. The van der Waals surface area contributed by atoms with Gasteiger partial charge in [-0.2, -0.15) is 0 Å². The van der Waals surface area contributed by atoms with Gasteiger partial charge in [-0.15, -0.1) is 24.8 Å². The summed E-state index contributed by atoms with van der Waals surface area (Å²) >= 11 is 0. The van der Waals surface area contributed by atoms with Crippen molar-refractivity contribution in [1.82, 2.24) is 10.2 Å². The van der Waals surface area contributed by atoms with Crippen LogP contribution < -0.4 is 15.4 Å². The summed E-state index contributed by atoms with van der Waals surface area (Å²) < 4.78 is 5.69. The van der Waals surface area contributed by atoms with E-state index >= 15 is 0 Å². The van der Waals surface area contributed by atoms with Gasteiger partial charge in [-0.1, -0.05) is 6.07 Å². The maximum Gasteiger partial charge on any atom is 0.224 e. The molecule has 0 aromatic heterocycles. The van der Waals surface area contributed by atoms with Crippen molar-refractivity contribution in [3.05, 3.63) is 24.3 Å². The number of hydrogen-bond acceptors (Lipinski definition) is 4. The number of nitrogens with zero attached hydrogens (tertiary/aromatic N) is 1. The van der Waals surface area contributed by atoms with Crippen LogP contribution in [-0.2, 0) is 4.79 Å². The van der Waals surface area contributed by atoms with E-state index < -0.39 is 0 Å². The van der Waals surface area contributed by atoms with E-state index in [2.05, 4.69) is 15.5 Å². The Kier molecular flexibility index (Phi) is 15.4. The van der Waals surface area contributed by atoms with Crippen molar-refractivity contribution in [3.8, 4) is 5.75 Å². The Balaban J connectivity index is 0. The van der Waals surface area contributed by atoms with Gasteiger partial charge in [0.15, 0.2) is 0 Å². The Morgan fingerprint density at radius 1 is 1.22 bits per heavy atom. The molecular formula is C16H29Cl2N3O2. The van der Waals surface area contributed by atoms with Crippen LogP contribution >= 0.6 is 24.8 Å². The number of halogens is 2. The molecule has 5 nitrogen and oxygen atoms in total. The number of amides is 1. The predicted molar refractivity (Wildman–Crippen MR) is 101 cm³/mol. The average molecular weight is 366 g/mol. The minimum atomic E-state index is 0. The minimum absolute atomic E-state index is 0. The monoisotopic (exact) mass is 365 g/mol. The Morgan fingerprint density at radius 2 is 1.96 bits per heavy atom. The summed E-state index contributed by atoms with van der Waals surface area (Å²) in [6.07, 6.45) is 2.34. The number of anilines is 1. The molecule has 0 aliphatic rings. The summed E-state index contributed by atoms with van der Waals surface area (Å²) in [6.45, 7) is 2.53. The molecule has 0 spiro atoms. The summed E-state index contributed by atoms with van der Waals surface area (Å²) in [5.41, 5.74) is 0.787. The predicted octanol–water partition coefficient (Wildman–Crippen LogP) is 2.80. The molecule has 0 unspecified atom stereocenters. The van der Waals surface area contributed by atoms with Gasteiger partial charge in [0.25, 0.3) is 0 Å². The number of nitrogens with one attached hydrogen (secondary N) is 2. The van der Waals surface area contributed by atoms with E-state index in [4.69, 9.17) is 4.74 Å². The molecule has 1 rings (SSSR count). The molecule has 0 saturated heterocycles. The van der Waals surface area contributed by atoms with Gasteiger partial charge < -0.3 is 20.3 Å². The zero-order valence-corrected chi connectivity index (χ0v) is 15.8. The van der Waals surface area contributed by atoms with E-state index in [0.717, 1.165) is 37.4 Å². The maximum absolute atomic E-state index is 11.7. The fourth-order valence-electron chi connectivity index (χ4n) is 1.88. The molecule has 1 amide bonds. The van der Waals surface area contributed by atoms with Gasteiger partial charge in [0.05, 0.1) is 6.61 Å². The lowest BCUT2D eigenvalue weighted by Crippen LogP contribution is -2.16. The molecule has 2 N–H and O–H groups in total. The van der Waals surface area contributed by atoms with E-state index in [1.54, 1.807) is 0 Å². The standard InChI is InChI=1S/C16H27N3O2.2ClH/c1-17-10-5-9-16(20)18-14-7-4-8-15(13-14)21-12-6-11-19(2)3;;/h4,7-8,13,17H,5-6,9-12H2,1-3H3,(H,18,20);2*1H. The van der Waals surface area contributed by atoms with Crippen LogP contribution in [0.4, 0.5) is 5.69 Å². The van der Waals surface area contributed by atoms with Crippen molar-refractivity contribution < 1.29 is 9.53 Å². The third-order valence-electron chi connectivity index (χ3n) is 2.97. The molecule has 0 saturated carbocycles. The zero-order chi connectivity index (χ0) is 15.5. The van der Waals surface area contributed by atoms with E-state index in [0.29, 0.717) is 13.0 Å². The zero-order valence-electron chi connectivity index (χ0n) is 14.1. The van der Waals surface area contributed by atoms with Gasteiger partial charge in [-0.25, -0.2) is 0 Å². The highest BCUT2D eigenvalue weighted by molar-refractivity contribution is 5.90. The van der Waals surface area contributed by atoms with Crippen LogP contribution in [0.5, 0.6) is 5.75 Å². The molecule has 0 heterocycles. The number of ether oxygens (including phenoxy) is 1. The highest BCUT2D eigenvalue weighted by Gasteiger charge is 2.03. The molecular weight excluding hydrogens is 337 g/mol. The molecule has 0 bridgehead atoms. The number of carbonyl (C=O) groups excluding carboxylic acids is 1. The van der Waals surface area contributed by atoms with Crippen molar-refractivity contribution in [3.63, 3.8) is 0 Å². The largest absolute Gasteiger partial charge is 0.493 e. The van der Waals surface area contributed by atoms with Crippen molar-refractivity contribution >= 4 is 36.4 Å². The Hall–Kier alpha value is -1.01. The van der Waals surface area contributed by atoms with E-state index in [1.165, 1.54) is 0 Å². The van der Waals surface area contributed by atoms with Crippen molar-refractivity contribution in [1.29, 1.82) is 0 Å². The van der Waals surface area contributed by atoms with Crippen LogP contribution in [0.25, 0.3) is 0 Å². The number of carbonyl (C=O) groups is 1. The van der Waals surface area contributed by atoms with Gasteiger partial charge in [-0.3, -0.25) is 4.79 Å². The van der Waals surface area contributed by atoms with Crippen LogP contribution in [0, 0.1) is 0 Å². The average Bonchev–Trinajstić information content (AvgIpc) is 2.44. The van der Waals surface area contributed by atoms with Gasteiger partial charge in [0.1, 0.15) is 5.75 Å². The van der Waals surface area contributed by atoms with Crippen LogP contribution in [0.1, 0.15) is 19.3 Å². The van der Waals surface area contributed by atoms with Gasteiger partial charge >= 0.3 is 0 Å². The fourth-order valence-corrected chi connectivity index (χ4v) is 1.88. The second-order valence-corrected chi connectivity index (χ2v) is 5.29. The number of benzene rings is 1. The quantitative estimate of drug-likeness (QED) is 0.626. The minimum Gasteiger partial charge on any atom is -0.493 e. The summed E-state index contributed by atoms with van der Waals surface area (Å²) in [7, 11) is 5.98. The third kappa shape index (κ3) is 12.1. The van der Waals surface area contributed by atoms with Crippen LogP contribution in [-0.4, -0.2) is 51.6 Å². The van der Waals surface area contributed by atoms with Crippen LogP contribution in [0.2, 0.25) is 0 Å². The summed E-state index contributed by atoms with van der Waals surface area (Å²) in [5.74, 6) is 0.830. The van der Waals surface area contributed by atoms with E-state index in [1.807, 2.05) is 45.4 Å². The van der Waals surface area contributed by atoms with Gasteiger partial charge in [-0.05, 0) is 52.7 Å². The van der Waals surface area contributed by atoms with E-state index in [9.17, 15) is 4.79 Å². The van der Waals surface area contributed by atoms with Gasteiger partial charge in [0.2, 0.25) is 5.91 Å². The van der Waals surface area contributed by atoms with Crippen LogP contribution in [0.15, 0.2) is 24.3 Å². The molecule has 0 aliphatic carbocycles. The summed E-state index contributed by atoms with van der Waals surface area (Å²) in [6, 6.07) is 7.55. The Bertz CT molecular complexity index is 432. The molecule has 0 atom stereocenters. The smallest absolute Gasteiger partial charge is 0.224 e. The normalized spacial score (nSPS) is 9.74. The highest BCUT2D eigenvalue weighted by atomic mass is 35.5. The SMILES string of the molecule is CNCCCC(=O)Nc1cccc(OCCCN(C)C)c1.Cl.Cl. The molecule has 134 valence electrons. The molecule has 0 fully saturated rings. The maximum atomic E-state index is 11.7. The highest BCUT2D eigenvalue weighted by Crippen LogP contribution is 2.17.